The molecule has 1 saturated heterocycles. The van der Waals surface area contributed by atoms with Crippen LogP contribution in [-0.2, 0) is 28.9 Å². The van der Waals surface area contributed by atoms with Crippen molar-refractivity contribution in [1.29, 1.82) is 0 Å². The summed E-state index contributed by atoms with van der Waals surface area (Å²) in [6, 6.07) is 14.9. The van der Waals surface area contributed by atoms with E-state index in [1.165, 1.54) is 0 Å². The number of carbonyl (C=O) groups excluding carboxylic acids is 1. The zero-order chi connectivity index (χ0) is 21.5. The Balaban J connectivity index is 1.57. The van der Waals surface area contributed by atoms with E-state index in [0.717, 1.165) is 23.1 Å². The minimum absolute atomic E-state index is 0.00758. The Bertz CT molecular complexity index is 927. The van der Waals surface area contributed by atoms with Crippen LogP contribution in [0.1, 0.15) is 29.5 Å². The number of carbonyl (C=O) groups is 2. The van der Waals surface area contributed by atoms with E-state index >= 15 is 0 Å². The molecule has 30 heavy (non-hydrogen) atoms. The molecule has 1 heterocycles. The molecule has 2 aromatic carbocycles. The number of carboxylic acid groups (broad SMARTS) is 1. The number of benzene rings is 2. The van der Waals surface area contributed by atoms with Crippen LogP contribution in [0.5, 0.6) is 0 Å². The van der Waals surface area contributed by atoms with Gasteiger partial charge in [-0.1, -0.05) is 60.2 Å². The van der Waals surface area contributed by atoms with Gasteiger partial charge >= 0.3 is 5.97 Å². The van der Waals surface area contributed by atoms with Crippen molar-refractivity contribution in [3.8, 4) is 0 Å². The Morgan fingerprint density at radius 1 is 1.17 bits per heavy atom. The summed E-state index contributed by atoms with van der Waals surface area (Å²) >= 11 is 5.99. The molecule has 3 rings (SSSR count). The van der Waals surface area contributed by atoms with Crippen LogP contribution in [0.3, 0.4) is 0 Å². The molecule has 5 nitrogen and oxygen atoms in total. The molecule has 0 saturated carbocycles. The molecule has 2 atom stereocenters. The van der Waals surface area contributed by atoms with Crippen molar-refractivity contribution in [2.45, 2.75) is 44.2 Å². The number of amides is 1. The van der Waals surface area contributed by atoms with Gasteiger partial charge in [-0.25, -0.2) is 0 Å². The lowest BCUT2D eigenvalue weighted by Gasteiger charge is -2.23. The number of nitrogens with zero attached hydrogens (tertiary/aromatic N) is 1. The number of carboxylic acids is 1. The Kier molecular flexibility index (Phi) is 7.66. The van der Waals surface area contributed by atoms with Crippen molar-refractivity contribution < 1.29 is 19.8 Å². The van der Waals surface area contributed by atoms with E-state index in [-0.39, 0.29) is 18.4 Å². The number of halogens is 1. The molecule has 1 amide bonds. The highest BCUT2D eigenvalue weighted by Crippen LogP contribution is 2.21. The summed E-state index contributed by atoms with van der Waals surface area (Å²) in [4.78, 5) is 25.1. The average Bonchev–Trinajstić information content (AvgIpc) is 3.04. The fraction of sp³-hybridized carbons (Fsp3) is 0.333. The fourth-order valence-electron chi connectivity index (χ4n) is 3.80. The first-order chi connectivity index (χ1) is 14.4. The van der Waals surface area contributed by atoms with E-state index in [9.17, 15) is 14.7 Å². The summed E-state index contributed by atoms with van der Waals surface area (Å²) in [5, 5.41) is 19.9. The number of aliphatic hydroxyl groups excluding tert-OH is 1. The molecule has 1 aliphatic heterocycles. The molecule has 0 bridgehead atoms. The molecule has 158 valence electrons. The first kappa shape index (κ1) is 22.1. The lowest BCUT2D eigenvalue weighted by atomic mass is 10.0. The summed E-state index contributed by atoms with van der Waals surface area (Å²) in [6.45, 7) is 0.564. The number of hydrogen-bond donors (Lipinski definition) is 2. The molecule has 6 heteroatoms. The maximum Gasteiger partial charge on any atom is 0.307 e. The second kappa shape index (κ2) is 10.4. The third-order valence-corrected chi connectivity index (χ3v) is 5.49. The monoisotopic (exact) mass is 427 g/mol. The van der Waals surface area contributed by atoms with Crippen LogP contribution in [0, 0.1) is 0 Å². The van der Waals surface area contributed by atoms with Gasteiger partial charge < -0.3 is 15.1 Å². The molecule has 1 fully saturated rings. The summed E-state index contributed by atoms with van der Waals surface area (Å²) in [5.41, 5.74) is 2.73. The minimum atomic E-state index is -0.858. The van der Waals surface area contributed by atoms with Crippen LogP contribution < -0.4 is 0 Å². The van der Waals surface area contributed by atoms with Crippen molar-refractivity contribution in [3.63, 3.8) is 0 Å². The third-order valence-electron chi connectivity index (χ3n) is 5.25. The lowest BCUT2D eigenvalue weighted by Crippen LogP contribution is -2.33. The standard InChI is InChI=1S/C24H26ClNO4/c25-20-6-2-5-19(14-20)15-22(27)9-7-21-8-10-23(28)26(21)12-11-17-3-1-4-18(13-17)16-24(29)30/h1-7,9,13-14,21-22,27H,8,10-12,15-16H2,(H,29,30)/t21-,22+/m0/s1. The van der Waals surface area contributed by atoms with Gasteiger partial charge in [0.2, 0.25) is 5.91 Å². The van der Waals surface area contributed by atoms with Crippen LogP contribution >= 0.6 is 11.6 Å². The van der Waals surface area contributed by atoms with E-state index in [1.54, 1.807) is 18.2 Å². The zero-order valence-corrected chi connectivity index (χ0v) is 17.5. The molecule has 0 radical (unpaired) electrons. The van der Waals surface area contributed by atoms with Crippen molar-refractivity contribution in [2.75, 3.05) is 6.54 Å². The largest absolute Gasteiger partial charge is 0.481 e. The van der Waals surface area contributed by atoms with Gasteiger partial charge in [0, 0.05) is 24.4 Å². The van der Waals surface area contributed by atoms with Crippen LogP contribution in [0.15, 0.2) is 60.7 Å². The average molecular weight is 428 g/mol. The molecule has 0 spiro atoms. The van der Waals surface area contributed by atoms with Gasteiger partial charge in [0.15, 0.2) is 0 Å². The SMILES string of the molecule is O=C(O)Cc1cccc(CCN2C(=O)CC[C@@H]2C=C[C@@H](O)Cc2cccc(Cl)c2)c1. The molecule has 0 aromatic heterocycles. The van der Waals surface area contributed by atoms with Gasteiger partial charge in [0.05, 0.1) is 18.6 Å². The van der Waals surface area contributed by atoms with Gasteiger partial charge in [-0.2, -0.15) is 0 Å². The first-order valence-corrected chi connectivity index (χ1v) is 10.5. The zero-order valence-electron chi connectivity index (χ0n) is 16.7. The second-order valence-electron chi connectivity index (χ2n) is 7.62. The molecule has 2 aromatic rings. The third kappa shape index (κ3) is 6.44. The maximum absolute atomic E-state index is 12.3. The first-order valence-electron chi connectivity index (χ1n) is 10.1. The molecular weight excluding hydrogens is 402 g/mol. The van der Waals surface area contributed by atoms with E-state index in [1.807, 2.05) is 47.4 Å². The Morgan fingerprint density at radius 2 is 1.90 bits per heavy atom. The highest BCUT2D eigenvalue weighted by atomic mass is 35.5. The number of rotatable bonds is 9. The molecule has 0 aliphatic carbocycles. The number of aliphatic hydroxyl groups is 1. The summed E-state index contributed by atoms with van der Waals surface area (Å²) < 4.78 is 0. The highest BCUT2D eigenvalue weighted by Gasteiger charge is 2.28. The second-order valence-corrected chi connectivity index (χ2v) is 8.06. The van der Waals surface area contributed by atoms with Crippen molar-refractivity contribution in [2.24, 2.45) is 0 Å². The van der Waals surface area contributed by atoms with E-state index in [0.29, 0.717) is 30.8 Å². The van der Waals surface area contributed by atoms with Crippen LogP contribution in [0.25, 0.3) is 0 Å². The quantitative estimate of drug-likeness (QED) is 0.598. The maximum atomic E-state index is 12.3. The van der Waals surface area contributed by atoms with E-state index in [4.69, 9.17) is 16.7 Å². The predicted molar refractivity (Wildman–Crippen MR) is 117 cm³/mol. The summed E-state index contributed by atoms with van der Waals surface area (Å²) in [7, 11) is 0. The number of likely N-dealkylation sites (tertiary alicyclic amines) is 1. The predicted octanol–water partition coefficient (Wildman–Crippen LogP) is 3.66. The highest BCUT2D eigenvalue weighted by molar-refractivity contribution is 6.30. The van der Waals surface area contributed by atoms with Gasteiger partial charge in [0.25, 0.3) is 0 Å². The van der Waals surface area contributed by atoms with Crippen molar-refractivity contribution in [1.82, 2.24) is 4.90 Å². The van der Waals surface area contributed by atoms with Gasteiger partial charge in [-0.15, -0.1) is 0 Å². The van der Waals surface area contributed by atoms with Crippen molar-refractivity contribution in [3.05, 3.63) is 82.4 Å². The Hall–Kier alpha value is -2.63. The fourth-order valence-corrected chi connectivity index (χ4v) is 4.01. The normalized spacial score (nSPS) is 17.6. The molecule has 0 unspecified atom stereocenters. The van der Waals surface area contributed by atoms with Gasteiger partial charge in [0.1, 0.15) is 0 Å². The summed E-state index contributed by atoms with van der Waals surface area (Å²) in [5.74, 6) is -0.751. The summed E-state index contributed by atoms with van der Waals surface area (Å²) in [6.07, 6.45) is 5.38. The van der Waals surface area contributed by atoms with Crippen LogP contribution in [-0.4, -0.2) is 45.7 Å². The Labute approximate surface area is 181 Å². The minimum Gasteiger partial charge on any atom is -0.481 e. The Morgan fingerprint density at radius 3 is 2.67 bits per heavy atom. The topological polar surface area (TPSA) is 77.8 Å². The molecule has 2 N–H and O–H groups in total. The molecule has 1 aliphatic rings. The van der Waals surface area contributed by atoms with Crippen molar-refractivity contribution >= 4 is 23.5 Å². The van der Waals surface area contributed by atoms with Gasteiger partial charge in [-0.05, 0) is 41.7 Å². The number of aliphatic carboxylic acids is 1. The lowest BCUT2D eigenvalue weighted by molar-refractivity contribution is -0.136. The molecular formula is C24H26ClNO4. The van der Waals surface area contributed by atoms with Crippen LogP contribution in [0.2, 0.25) is 5.02 Å². The van der Waals surface area contributed by atoms with E-state index in [2.05, 4.69) is 0 Å². The van der Waals surface area contributed by atoms with E-state index < -0.39 is 12.1 Å². The van der Waals surface area contributed by atoms with Crippen LogP contribution in [0.4, 0.5) is 0 Å². The van der Waals surface area contributed by atoms with Gasteiger partial charge in [-0.3, -0.25) is 9.59 Å². The number of hydrogen-bond acceptors (Lipinski definition) is 3. The smallest absolute Gasteiger partial charge is 0.307 e.